The third-order valence-electron chi connectivity index (χ3n) is 7.04. The first-order valence-electron chi connectivity index (χ1n) is 12.2. The molecule has 1 heterocycles. The minimum absolute atomic E-state index is 0.454. The van der Waals surface area contributed by atoms with Gasteiger partial charge >= 0.3 is 0 Å². The van der Waals surface area contributed by atoms with Crippen LogP contribution in [0.25, 0.3) is 22.6 Å². The molecule has 5 rings (SSSR count). The minimum Gasteiger partial charge on any atom is -0.338 e. The molecule has 1 saturated carbocycles. The molecule has 3 nitrogen and oxygen atoms in total. The molecular formula is C30H33N3. The number of hydrogen-bond donors (Lipinski definition) is 1. The molecule has 168 valence electrons. The first-order valence-corrected chi connectivity index (χ1v) is 12.2. The summed E-state index contributed by atoms with van der Waals surface area (Å²) in [6.07, 6.45) is 8.76. The van der Waals surface area contributed by atoms with Gasteiger partial charge in [-0.2, -0.15) is 0 Å². The molecule has 1 aromatic heterocycles. The van der Waals surface area contributed by atoms with Crippen LogP contribution < -0.4 is 0 Å². The Balaban J connectivity index is 1.34. The van der Waals surface area contributed by atoms with Gasteiger partial charge in [-0.05, 0) is 42.1 Å². The Kier molecular flexibility index (Phi) is 6.68. The molecule has 1 aliphatic rings. The molecule has 0 amide bonds. The van der Waals surface area contributed by atoms with E-state index in [-0.39, 0.29) is 0 Å². The van der Waals surface area contributed by atoms with Crippen molar-refractivity contribution in [1.82, 2.24) is 14.9 Å². The summed E-state index contributed by atoms with van der Waals surface area (Å²) in [5.74, 6) is 1.76. The third-order valence-corrected chi connectivity index (χ3v) is 7.04. The Labute approximate surface area is 197 Å². The minimum atomic E-state index is 0.454. The molecule has 1 aliphatic carbocycles. The van der Waals surface area contributed by atoms with Crippen LogP contribution in [-0.2, 0) is 6.54 Å². The highest BCUT2D eigenvalue weighted by atomic mass is 15.1. The first kappa shape index (κ1) is 21.7. The number of nitrogens with one attached hydrogen (secondary N) is 1. The summed E-state index contributed by atoms with van der Waals surface area (Å²) in [5.41, 5.74) is 6.12. The average molecular weight is 436 g/mol. The molecular weight excluding hydrogens is 402 g/mol. The van der Waals surface area contributed by atoms with E-state index in [1.165, 1.54) is 48.8 Å². The van der Waals surface area contributed by atoms with Crippen molar-refractivity contribution >= 4 is 0 Å². The Bertz CT molecular complexity index is 1140. The fourth-order valence-corrected chi connectivity index (χ4v) is 5.25. The van der Waals surface area contributed by atoms with E-state index in [9.17, 15) is 0 Å². The number of hydrogen-bond acceptors (Lipinski definition) is 2. The van der Waals surface area contributed by atoms with Crippen LogP contribution >= 0.6 is 0 Å². The monoisotopic (exact) mass is 435 g/mol. The number of aromatic nitrogens is 2. The lowest BCUT2D eigenvalue weighted by atomic mass is 9.92. The van der Waals surface area contributed by atoms with E-state index in [0.717, 1.165) is 29.5 Å². The summed E-state index contributed by atoms with van der Waals surface area (Å²) >= 11 is 0. The van der Waals surface area contributed by atoms with Gasteiger partial charge in [-0.15, -0.1) is 0 Å². The quantitative estimate of drug-likeness (QED) is 0.311. The van der Waals surface area contributed by atoms with E-state index in [1.54, 1.807) is 0 Å². The highest BCUT2D eigenvalue weighted by molar-refractivity contribution is 5.64. The van der Waals surface area contributed by atoms with Gasteiger partial charge in [0.1, 0.15) is 5.82 Å². The number of nitrogens with zero attached hydrogens (tertiary/aromatic N) is 2. The van der Waals surface area contributed by atoms with Gasteiger partial charge in [0.05, 0.1) is 11.9 Å². The van der Waals surface area contributed by atoms with Crippen LogP contribution in [0.3, 0.4) is 0 Å². The fraction of sp³-hybridized carbons (Fsp3) is 0.300. The van der Waals surface area contributed by atoms with Crippen molar-refractivity contribution in [1.29, 1.82) is 0 Å². The van der Waals surface area contributed by atoms with Crippen molar-refractivity contribution in [2.75, 3.05) is 7.05 Å². The predicted molar refractivity (Wildman–Crippen MR) is 137 cm³/mol. The highest BCUT2D eigenvalue weighted by Crippen LogP contribution is 2.36. The van der Waals surface area contributed by atoms with E-state index in [2.05, 4.69) is 88.6 Å². The average Bonchev–Trinajstić information content (AvgIpc) is 3.56. The van der Waals surface area contributed by atoms with Crippen LogP contribution in [0.1, 0.15) is 49.3 Å². The van der Waals surface area contributed by atoms with Gasteiger partial charge in [-0.25, -0.2) is 4.98 Å². The molecule has 4 aromatic rings. The van der Waals surface area contributed by atoms with Gasteiger partial charge in [0, 0.05) is 18.2 Å². The summed E-state index contributed by atoms with van der Waals surface area (Å²) in [4.78, 5) is 10.6. The van der Waals surface area contributed by atoms with E-state index < -0.39 is 0 Å². The standard InChI is InChI=1S/C30H33N3/c1-33(29(20-23-11-8-9-12-23)25-14-4-2-5-15-25)22-24-13-10-18-27(19-24)28-21-31-30(32-28)26-16-6-3-7-17-26/h2-7,10,13-19,21,23,29H,8-9,11-12,20,22H2,1H3,(H,31,32). The molecule has 3 aromatic carbocycles. The summed E-state index contributed by atoms with van der Waals surface area (Å²) in [6.45, 7) is 0.930. The van der Waals surface area contributed by atoms with Gasteiger partial charge in [0.2, 0.25) is 0 Å². The van der Waals surface area contributed by atoms with Gasteiger partial charge in [0.15, 0.2) is 0 Å². The molecule has 0 bridgehead atoms. The largest absolute Gasteiger partial charge is 0.338 e. The Morgan fingerprint density at radius 2 is 1.58 bits per heavy atom. The van der Waals surface area contributed by atoms with Crippen molar-refractivity contribution in [3.63, 3.8) is 0 Å². The van der Waals surface area contributed by atoms with Crippen LogP contribution in [0.4, 0.5) is 0 Å². The van der Waals surface area contributed by atoms with Gasteiger partial charge in [0.25, 0.3) is 0 Å². The lowest BCUT2D eigenvalue weighted by molar-refractivity contribution is 0.200. The third kappa shape index (κ3) is 5.26. The molecule has 1 atom stereocenters. The summed E-state index contributed by atoms with van der Waals surface area (Å²) < 4.78 is 0. The van der Waals surface area contributed by atoms with Crippen LogP contribution in [0.15, 0.2) is 91.1 Å². The topological polar surface area (TPSA) is 31.9 Å². The Morgan fingerprint density at radius 1 is 0.879 bits per heavy atom. The maximum absolute atomic E-state index is 4.61. The maximum Gasteiger partial charge on any atom is 0.137 e. The van der Waals surface area contributed by atoms with Crippen molar-refractivity contribution in [3.05, 3.63) is 102 Å². The second-order valence-corrected chi connectivity index (χ2v) is 9.44. The normalized spacial score (nSPS) is 15.2. The molecule has 33 heavy (non-hydrogen) atoms. The zero-order chi connectivity index (χ0) is 22.5. The maximum atomic E-state index is 4.61. The van der Waals surface area contributed by atoms with Crippen LogP contribution in [0, 0.1) is 5.92 Å². The second kappa shape index (κ2) is 10.2. The molecule has 3 heteroatoms. The van der Waals surface area contributed by atoms with E-state index >= 15 is 0 Å². The van der Waals surface area contributed by atoms with Crippen molar-refractivity contribution in [3.8, 4) is 22.6 Å². The SMILES string of the molecule is CN(Cc1cccc(-c2cnc(-c3ccccc3)[nH]2)c1)C(CC1CCCC1)c1ccccc1. The molecule has 0 saturated heterocycles. The van der Waals surface area contributed by atoms with Crippen LogP contribution in [-0.4, -0.2) is 21.9 Å². The summed E-state index contributed by atoms with van der Waals surface area (Å²) in [7, 11) is 2.28. The zero-order valence-corrected chi connectivity index (χ0v) is 19.5. The summed E-state index contributed by atoms with van der Waals surface area (Å²) in [6, 6.07) is 30.7. The lowest BCUT2D eigenvalue weighted by Gasteiger charge is -2.31. The van der Waals surface area contributed by atoms with Gasteiger partial charge in [-0.3, -0.25) is 4.90 Å². The molecule has 0 radical (unpaired) electrons. The van der Waals surface area contributed by atoms with Crippen LogP contribution in [0.5, 0.6) is 0 Å². The van der Waals surface area contributed by atoms with E-state index in [1.807, 2.05) is 24.4 Å². The Hall–Kier alpha value is -3.17. The van der Waals surface area contributed by atoms with E-state index in [4.69, 9.17) is 0 Å². The smallest absolute Gasteiger partial charge is 0.137 e. The molecule has 0 spiro atoms. The number of imidazole rings is 1. The number of rotatable bonds is 8. The number of aromatic amines is 1. The van der Waals surface area contributed by atoms with Crippen molar-refractivity contribution in [2.24, 2.45) is 5.92 Å². The fourth-order valence-electron chi connectivity index (χ4n) is 5.25. The number of H-pyrrole nitrogens is 1. The summed E-state index contributed by atoms with van der Waals surface area (Å²) in [5, 5.41) is 0. The molecule has 1 N–H and O–H groups in total. The zero-order valence-electron chi connectivity index (χ0n) is 19.5. The van der Waals surface area contributed by atoms with Gasteiger partial charge < -0.3 is 4.98 Å². The van der Waals surface area contributed by atoms with Crippen LogP contribution in [0.2, 0.25) is 0 Å². The Morgan fingerprint density at radius 3 is 2.33 bits per heavy atom. The number of benzene rings is 3. The molecule has 1 fully saturated rings. The van der Waals surface area contributed by atoms with Crippen molar-refractivity contribution < 1.29 is 0 Å². The molecule has 1 unspecified atom stereocenters. The highest BCUT2D eigenvalue weighted by Gasteiger charge is 2.24. The second-order valence-electron chi connectivity index (χ2n) is 9.44. The lowest BCUT2D eigenvalue weighted by Crippen LogP contribution is -2.26. The van der Waals surface area contributed by atoms with Gasteiger partial charge in [-0.1, -0.05) is 105 Å². The predicted octanol–water partition coefficient (Wildman–Crippen LogP) is 7.50. The first-order chi connectivity index (χ1) is 16.3. The molecule has 0 aliphatic heterocycles. The van der Waals surface area contributed by atoms with Crippen molar-refractivity contribution in [2.45, 2.75) is 44.7 Å². The van der Waals surface area contributed by atoms with E-state index in [0.29, 0.717) is 6.04 Å².